The summed E-state index contributed by atoms with van der Waals surface area (Å²) in [7, 11) is 0. The highest BCUT2D eigenvalue weighted by Gasteiger charge is 2.20. The number of hydrogen-bond donors (Lipinski definition) is 1. The Morgan fingerprint density at radius 2 is 2.04 bits per heavy atom. The minimum Gasteiger partial charge on any atom is -0.339 e. The van der Waals surface area contributed by atoms with E-state index >= 15 is 0 Å². The maximum atomic E-state index is 13.0. The van der Waals surface area contributed by atoms with Crippen molar-refractivity contribution in [3.63, 3.8) is 0 Å². The lowest BCUT2D eigenvalue weighted by atomic mass is 9.95. The van der Waals surface area contributed by atoms with Gasteiger partial charge in [-0.3, -0.25) is 4.98 Å². The molecule has 6 heteroatoms. The van der Waals surface area contributed by atoms with Gasteiger partial charge in [-0.25, -0.2) is 4.39 Å². The first-order chi connectivity index (χ1) is 12.2. The molecule has 5 nitrogen and oxygen atoms in total. The second-order valence-electron chi connectivity index (χ2n) is 6.29. The Labute approximate surface area is 145 Å². The first-order valence-corrected chi connectivity index (χ1v) is 8.46. The third-order valence-electron chi connectivity index (χ3n) is 4.56. The molecule has 2 aromatic heterocycles. The molecule has 3 aromatic rings. The van der Waals surface area contributed by atoms with E-state index in [1.807, 2.05) is 13.1 Å². The monoisotopic (exact) mass is 338 g/mol. The maximum absolute atomic E-state index is 13.0. The molecular weight excluding hydrogens is 319 g/mol. The number of nitrogens with zero attached hydrogens (tertiary/aromatic N) is 3. The van der Waals surface area contributed by atoms with Crippen LogP contribution in [-0.2, 0) is 25.8 Å². The van der Waals surface area contributed by atoms with Crippen molar-refractivity contribution in [1.29, 1.82) is 0 Å². The lowest BCUT2D eigenvalue weighted by molar-refractivity contribution is 0.379. The predicted octanol–water partition coefficient (Wildman–Crippen LogP) is 3.01. The predicted molar refractivity (Wildman–Crippen MR) is 91.5 cm³/mol. The molecule has 0 unspecified atom stereocenters. The van der Waals surface area contributed by atoms with Crippen LogP contribution in [0.25, 0.3) is 11.4 Å². The third kappa shape index (κ3) is 3.30. The second-order valence-corrected chi connectivity index (χ2v) is 6.29. The summed E-state index contributed by atoms with van der Waals surface area (Å²) >= 11 is 0. The van der Waals surface area contributed by atoms with Gasteiger partial charge in [0.05, 0.1) is 0 Å². The third-order valence-corrected chi connectivity index (χ3v) is 4.56. The van der Waals surface area contributed by atoms with Crippen molar-refractivity contribution in [3.05, 3.63) is 64.6 Å². The fourth-order valence-electron chi connectivity index (χ4n) is 3.23. The minimum atomic E-state index is -0.227. The Morgan fingerprint density at radius 1 is 1.20 bits per heavy atom. The number of halogens is 1. The zero-order valence-electron chi connectivity index (χ0n) is 14.1. The molecule has 128 valence electrons. The summed E-state index contributed by atoms with van der Waals surface area (Å²) < 4.78 is 18.4. The molecule has 0 radical (unpaired) electrons. The number of pyridine rings is 1. The van der Waals surface area contributed by atoms with Crippen molar-refractivity contribution in [1.82, 2.24) is 20.4 Å². The van der Waals surface area contributed by atoms with Crippen molar-refractivity contribution in [3.8, 4) is 11.4 Å². The Bertz CT molecular complexity index is 889. The van der Waals surface area contributed by atoms with E-state index in [2.05, 4.69) is 20.4 Å². The fourth-order valence-corrected chi connectivity index (χ4v) is 3.23. The molecule has 1 aliphatic heterocycles. The first-order valence-electron chi connectivity index (χ1n) is 8.46. The van der Waals surface area contributed by atoms with Gasteiger partial charge in [0.15, 0.2) is 0 Å². The largest absolute Gasteiger partial charge is 0.339 e. The summed E-state index contributed by atoms with van der Waals surface area (Å²) in [5, 5.41) is 7.53. The molecule has 0 fully saturated rings. The lowest BCUT2D eigenvalue weighted by Gasteiger charge is -2.19. The normalized spacial score (nSPS) is 13.7. The summed E-state index contributed by atoms with van der Waals surface area (Å²) in [6, 6.07) is 6.49. The molecule has 0 saturated carbocycles. The molecule has 1 aromatic carbocycles. The van der Waals surface area contributed by atoms with E-state index in [1.54, 1.807) is 12.1 Å². The summed E-state index contributed by atoms with van der Waals surface area (Å²) in [5.41, 5.74) is 5.42. The maximum Gasteiger partial charge on any atom is 0.227 e. The van der Waals surface area contributed by atoms with Gasteiger partial charge in [0.25, 0.3) is 0 Å². The summed E-state index contributed by atoms with van der Waals surface area (Å²) in [5.74, 6) is 0.971. The van der Waals surface area contributed by atoms with Crippen molar-refractivity contribution in [2.24, 2.45) is 0 Å². The first kappa shape index (κ1) is 15.9. The summed E-state index contributed by atoms with van der Waals surface area (Å²) in [4.78, 5) is 9.05. The van der Waals surface area contributed by atoms with Crippen LogP contribution in [0, 0.1) is 12.7 Å². The topological polar surface area (TPSA) is 63.8 Å². The van der Waals surface area contributed by atoms with Gasteiger partial charge in [-0.15, -0.1) is 0 Å². The number of aromatic nitrogens is 3. The molecule has 25 heavy (non-hydrogen) atoms. The average Bonchev–Trinajstić information content (AvgIpc) is 3.09. The van der Waals surface area contributed by atoms with Gasteiger partial charge in [0.1, 0.15) is 5.82 Å². The second kappa shape index (κ2) is 6.72. The molecule has 0 amide bonds. The number of nitrogens with one attached hydrogen (secondary N) is 1. The molecular formula is C19H19FN4O. The number of fused-ring (bicyclic) bond motifs is 1. The number of rotatable bonds is 4. The van der Waals surface area contributed by atoms with Gasteiger partial charge in [0, 0.05) is 30.4 Å². The van der Waals surface area contributed by atoms with E-state index in [1.165, 1.54) is 23.3 Å². The molecule has 4 rings (SSSR count). The standard InChI is InChI=1S/C19H19FN4O/c1-12-18(16-8-9-21-10-14(16)11-22-12)19-23-17(25-24-19)7-4-13-2-5-15(20)6-3-13/h2-3,5-6,11,21H,4,7-10H2,1H3. The molecule has 1 N–H and O–H groups in total. The zero-order valence-corrected chi connectivity index (χ0v) is 14.1. The van der Waals surface area contributed by atoms with Gasteiger partial charge in [-0.1, -0.05) is 17.3 Å². The van der Waals surface area contributed by atoms with Crippen LogP contribution in [0.3, 0.4) is 0 Å². The van der Waals surface area contributed by atoms with Crippen LogP contribution < -0.4 is 5.32 Å². The molecule has 0 aliphatic carbocycles. The Balaban J connectivity index is 1.56. The van der Waals surface area contributed by atoms with E-state index < -0.39 is 0 Å². The van der Waals surface area contributed by atoms with Crippen LogP contribution in [0.1, 0.15) is 28.3 Å². The Kier molecular flexibility index (Phi) is 4.28. The fraction of sp³-hybridized carbons (Fsp3) is 0.316. The van der Waals surface area contributed by atoms with E-state index in [0.717, 1.165) is 42.8 Å². The SMILES string of the molecule is Cc1ncc2c(c1-c1noc(CCc3ccc(F)cc3)n1)CCNC2. The number of aryl methyl sites for hydroxylation is 3. The smallest absolute Gasteiger partial charge is 0.227 e. The molecule has 0 atom stereocenters. The molecule has 1 aliphatic rings. The molecule has 0 saturated heterocycles. The van der Waals surface area contributed by atoms with Crippen molar-refractivity contribution < 1.29 is 8.91 Å². The van der Waals surface area contributed by atoms with Gasteiger partial charge >= 0.3 is 0 Å². The van der Waals surface area contributed by atoms with E-state index in [-0.39, 0.29) is 5.82 Å². The lowest BCUT2D eigenvalue weighted by Crippen LogP contribution is -2.24. The van der Waals surface area contributed by atoms with E-state index in [4.69, 9.17) is 4.52 Å². The highest BCUT2D eigenvalue weighted by Crippen LogP contribution is 2.28. The summed E-state index contributed by atoms with van der Waals surface area (Å²) in [6.07, 6.45) is 4.22. The average molecular weight is 338 g/mol. The van der Waals surface area contributed by atoms with Crippen LogP contribution in [0.2, 0.25) is 0 Å². The van der Waals surface area contributed by atoms with E-state index in [0.29, 0.717) is 18.1 Å². The number of benzene rings is 1. The van der Waals surface area contributed by atoms with Crippen molar-refractivity contribution in [2.45, 2.75) is 32.7 Å². The Morgan fingerprint density at radius 3 is 2.88 bits per heavy atom. The van der Waals surface area contributed by atoms with Gasteiger partial charge < -0.3 is 9.84 Å². The Hall–Kier alpha value is -2.60. The van der Waals surface area contributed by atoms with Crippen LogP contribution >= 0.6 is 0 Å². The highest BCUT2D eigenvalue weighted by atomic mass is 19.1. The van der Waals surface area contributed by atoms with Crippen molar-refractivity contribution >= 4 is 0 Å². The van der Waals surface area contributed by atoms with Crippen molar-refractivity contribution in [2.75, 3.05) is 6.54 Å². The van der Waals surface area contributed by atoms with Gasteiger partial charge in [-0.05, 0) is 55.1 Å². The molecule has 0 bridgehead atoms. The summed E-state index contributed by atoms with van der Waals surface area (Å²) in [6.45, 7) is 3.75. The molecule has 3 heterocycles. The zero-order chi connectivity index (χ0) is 17.2. The van der Waals surface area contributed by atoms with Crippen LogP contribution in [0.5, 0.6) is 0 Å². The number of hydrogen-bond acceptors (Lipinski definition) is 5. The quantitative estimate of drug-likeness (QED) is 0.792. The van der Waals surface area contributed by atoms with Gasteiger partial charge in [0.2, 0.25) is 11.7 Å². The minimum absolute atomic E-state index is 0.227. The highest BCUT2D eigenvalue weighted by molar-refractivity contribution is 5.64. The van der Waals surface area contributed by atoms with E-state index in [9.17, 15) is 4.39 Å². The van der Waals surface area contributed by atoms with Crippen LogP contribution in [-0.4, -0.2) is 21.7 Å². The van der Waals surface area contributed by atoms with Crippen LogP contribution in [0.15, 0.2) is 35.0 Å². The van der Waals surface area contributed by atoms with Gasteiger partial charge in [-0.2, -0.15) is 4.98 Å². The molecule has 0 spiro atoms. The van der Waals surface area contributed by atoms with Crippen LogP contribution in [0.4, 0.5) is 4.39 Å².